The Morgan fingerprint density at radius 2 is 1.88 bits per heavy atom. The van der Waals surface area contributed by atoms with E-state index in [1.54, 1.807) is 19.9 Å². The van der Waals surface area contributed by atoms with E-state index >= 15 is 0 Å². The number of halogens is 2. The van der Waals surface area contributed by atoms with Crippen molar-refractivity contribution in [1.29, 1.82) is 0 Å². The molecule has 0 amide bonds. The first-order valence-corrected chi connectivity index (χ1v) is 7.22. The van der Waals surface area contributed by atoms with Crippen LogP contribution in [-0.2, 0) is 10.0 Å². The molecule has 1 N–H and O–H groups in total. The Kier molecular flexibility index (Phi) is 4.47. The smallest absolute Gasteiger partial charge is 0.232 e. The van der Waals surface area contributed by atoms with Crippen molar-refractivity contribution in [3.8, 4) is 0 Å². The third-order valence-corrected chi connectivity index (χ3v) is 4.18. The molecule has 6 heteroatoms. The minimum absolute atomic E-state index is 0.0643. The van der Waals surface area contributed by atoms with E-state index in [2.05, 4.69) is 4.72 Å². The number of nitrogens with one attached hydrogen (secondary N) is 1. The van der Waals surface area contributed by atoms with Crippen molar-refractivity contribution in [1.82, 2.24) is 0 Å². The normalized spacial score (nSPS) is 11.5. The zero-order chi connectivity index (χ0) is 12.3. The van der Waals surface area contributed by atoms with Gasteiger partial charge < -0.3 is 0 Å². The molecule has 0 aliphatic carbocycles. The summed E-state index contributed by atoms with van der Waals surface area (Å²) in [5.74, 6) is 0.0643. The van der Waals surface area contributed by atoms with Crippen LogP contribution < -0.4 is 4.72 Å². The molecule has 3 nitrogen and oxygen atoms in total. The van der Waals surface area contributed by atoms with E-state index in [1.165, 1.54) is 6.07 Å². The Balaban J connectivity index is 3.03. The Bertz CT molecular complexity index is 486. The number of sulfonamides is 1. The highest BCUT2D eigenvalue weighted by molar-refractivity contribution is 7.92. The molecule has 1 aromatic rings. The second-order valence-corrected chi connectivity index (χ2v) is 6.16. The van der Waals surface area contributed by atoms with Gasteiger partial charge in [0.25, 0.3) is 0 Å². The highest BCUT2D eigenvalue weighted by Gasteiger charge is 2.12. The van der Waals surface area contributed by atoms with Gasteiger partial charge in [0.05, 0.1) is 16.5 Å². The van der Waals surface area contributed by atoms with E-state index in [1.807, 2.05) is 0 Å². The first kappa shape index (κ1) is 13.6. The molecule has 0 spiro atoms. The molecule has 0 bridgehead atoms. The van der Waals surface area contributed by atoms with E-state index in [0.29, 0.717) is 22.2 Å². The van der Waals surface area contributed by atoms with Gasteiger partial charge in [-0.05, 0) is 31.0 Å². The zero-order valence-electron chi connectivity index (χ0n) is 9.05. The van der Waals surface area contributed by atoms with Gasteiger partial charge in [-0.2, -0.15) is 0 Å². The predicted molar refractivity (Wildman–Crippen MR) is 68.9 cm³/mol. The number of rotatable bonds is 4. The Hall–Kier alpha value is -0.450. The molecule has 0 saturated carbocycles. The largest absolute Gasteiger partial charge is 0.282 e. The maximum absolute atomic E-state index is 11.5. The van der Waals surface area contributed by atoms with Crippen LogP contribution in [-0.4, -0.2) is 14.2 Å². The van der Waals surface area contributed by atoms with Gasteiger partial charge in [0, 0.05) is 5.02 Å². The molecule has 0 unspecified atom stereocenters. The molecule has 16 heavy (non-hydrogen) atoms. The Morgan fingerprint density at radius 1 is 1.25 bits per heavy atom. The molecular weight excluding hydrogens is 269 g/mol. The first-order valence-electron chi connectivity index (χ1n) is 4.82. The lowest BCUT2D eigenvalue weighted by Crippen LogP contribution is -2.16. The second-order valence-electron chi connectivity index (χ2n) is 3.50. The molecule has 1 rings (SSSR count). The molecule has 0 aromatic heterocycles. The first-order chi connectivity index (χ1) is 7.35. The van der Waals surface area contributed by atoms with Crippen molar-refractivity contribution in [2.24, 2.45) is 0 Å². The van der Waals surface area contributed by atoms with Gasteiger partial charge in [0.1, 0.15) is 0 Å². The van der Waals surface area contributed by atoms with Gasteiger partial charge >= 0.3 is 0 Å². The van der Waals surface area contributed by atoms with Crippen molar-refractivity contribution in [2.45, 2.75) is 20.3 Å². The second kappa shape index (κ2) is 5.25. The predicted octanol–water partition coefficient (Wildman–Crippen LogP) is 3.45. The van der Waals surface area contributed by atoms with E-state index in [0.717, 1.165) is 5.56 Å². The number of hydrogen-bond acceptors (Lipinski definition) is 2. The summed E-state index contributed by atoms with van der Waals surface area (Å²) in [6.07, 6.45) is 0.548. The van der Waals surface area contributed by atoms with E-state index in [-0.39, 0.29) is 5.75 Å². The van der Waals surface area contributed by atoms with Gasteiger partial charge in [0.15, 0.2) is 0 Å². The third kappa shape index (κ3) is 3.54. The van der Waals surface area contributed by atoms with Gasteiger partial charge in [-0.1, -0.05) is 30.1 Å². The molecule has 0 aliphatic heterocycles. The van der Waals surface area contributed by atoms with Crippen LogP contribution in [0.4, 0.5) is 5.69 Å². The number of anilines is 1. The lowest BCUT2D eigenvalue weighted by Gasteiger charge is -2.10. The summed E-state index contributed by atoms with van der Waals surface area (Å²) in [7, 11) is -3.33. The molecule has 1 aromatic carbocycles. The Labute approximate surface area is 106 Å². The van der Waals surface area contributed by atoms with Gasteiger partial charge in [-0.25, -0.2) is 8.42 Å². The van der Waals surface area contributed by atoms with Gasteiger partial charge in [-0.3, -0.25) is 4.72 Å². The molecule has 0 radical (unpaired) electrons. The average Bonchev–Trinajstić information content (AvgIpc) is 2.13. The van der Waals surface area contributed by atoms with Crippen LogP contribution in [0, 0.1) is 6.92 Å². The summed E-state index contributed by atoms with van der Waals surface area (Å²) in [5, 5.41) is 0.833. The van der Waals surface area contributed by atoms with Crippen molar-refractivity contribution in [3.05, 3.63) is 27.7 Å². The lowest BCUT2D eigenvalue weighted by atomic mass is 10.2. The SMILES string of the molecule is CCCS(=O)(=O)Nc1cc(Cl)c(C)cc1Cl. The summed E-state index contributed by atoms with van der Waals surface area (Å²) in [4.78, 5) is 0. The van der Waals surface area contributed by atoms with Crippen molar-refractivity contribution in [2.75, 3.05) is 10.5 Å². The van der Waals surface area contributed by atoms with Crippen LogP contribution in [0.25, 0.3) is 0 Å². The van der Waals surface area contributed by atoms with E-state index < -0.39 is 10.0 Å². The monoisotopic (exact) mass is 281 g/mol. The maximum atomic E-state index is 11.5. The van der Waals surface area contributed by atoms with Crippen LogP contribution in [0.2, 0.25) is 10.0 Å². The minimum atomic E-state index is -3.33. The zero-order valence-corrected chi connectivity index (χ0v) is 11.4. The molecule has 0 saturated heterocycles. The summed E-state index contributed by atoms with van der Waals surface area (Å²) in [5.41, 5.74) is 1.14. The Morgan fingerprint density at radius 3 is 2.44 bits per heavy atom. The summed E-state index contributed by atoms with van der Waals surface area (Å²) in [6, 6.07) is 3.15. The van der Waals surface area contributed by atoms with Crippen molar-refractivity contribution >= 4 is 38.9 Å². The standard InChI is InChI=1S/C10H13Cl2NO2S/c1-3-4-16(14,15)13-10-6-8(11)7(2)5-9(10)12/h5-6,13H,3-4H2,1-2H3. The summed E-state index contributed by atoms with van der Waals surface area (Å²) < 4.78 is 25.5. The summed E-state index contributed by atoms with van der Waals surface area (Å²) in [6.45, 7) is 3.60. The minimum Gasteiger partial charge on any atom is -0.282 e. The third-order valence-electron chi connectivity index (χ3n) is 1.99. The van der Waals surface area contributed by atoms with E-state index in [9.17, 15) is 8.42 Å². The summed E-state index contributed by atoms with van der Waals surface area (Å²) >= 11 is 11.8. The fourth-order valence-corrected chi connectivity index (χ4v) is 2.84. The number of benzene rings is 1. The fraction of sp³-hybridized carbons (Fsp3) is 0.400. The van der Waals surface area contributed by atoms with Crippen LogP contribution >= 0.6 is 23.2 Å². The van der Waals surface area contributed by atoms with Crippen LogP contribution in [0.3, 0.4) is 0 Å². The van der Waals surface area contributed by atoms with Crippen molar-refractivity contribution < 1.29 is 8.42 Å². The van der Waals surface area contributed by atoms with Gasteiger partial charge in [-0.15, -0.1) is 0 Å². The van der Waals surface area contributed by atoms with E-state index in [4.69, 9.17) is 23.2 Å². The highest BCUT2D eigenvalue weighted by Crippen LogP contribution is 2.29. The van der Waals surface area contributed by atoms with Gasteiger partial charge in [0.2, 0.25) is 10.0 Å². The molecule has 0 atom stereocenters. The van der Waals surface area contributed by atoms with Crippen LogP contribution in [0.1, 0.15) is 18.9 Å². The van der Waals surface area contributed by atoms with Crippen molar-refractivity contribution in [3.63, 3.8) is 0 Å². The molecule has 0 aliphatic rings. The molecule has 0 heterocycles. The maximum Gasteiger partial charge on any atom is 0.232 e. The lowest BCUT2D eigenvalue weighted by molar-refractivity contribution is 0.600. The molecule has 0 fully saturated rings. The highest BCUT2D eigenvalue weighted by atomic mass is 35.5. The molecule has 90 valence electrons. The fourth-order valence-electron chi connectivity index (χ4n) is 1.21. The average molecular weight is 282 g/mol. The van der Waals surface area contributed by atoms with Crippen LogP contribution in [0.15, 0.2) is 12.1 Å². The number of hydrogen-bond donors (Lipinski definition) is 1. The quantitative estimate of drug-likeness (QED) is 0.919. The topological polar surface area (TPSA) is 46.2 Å². The molecular formula is C10H13Cl2NO2S. The van der Waals surface area contributed by atoms with Crippen LogP contribution in [0.5, 0.6) is 0 Å². The number of aryl methyl sites for hydroxylation is 1.